The number of carbonyl (C=O) groups excluding carboxylic acids is 1. The molecule has 1 saturated carbocycles. The van der Waals surface area contributed by atoms with E-state index in [1.165, 1.54) is 38.4 Å². The summed E-state index contributed by atoms with van der Waals surface area (Å²) >= 11 is 0. The van der Waals surface area contributed by atoms with Gasteiger partial charge in [0, 0.05) is 25.4 Å². The summed E-state index contributed by atoms with van der Waals surface area (Å²) in [6.07, 6.45) is 9.26. The molecule has 2 aromatic rings. The average Bonchev–Trinajstić information content (AvgIpc) is 3.33. The lowest BCUT2D eigenvalue weighted by atomic mass is 9.98. The lowest BCUT2D eigenvalue weighted by Gasteiger charge is -2.22. The summed E-state index contributed by atoms with van der Waals surface area (Å²) in [6, 6.07) is 11.0. The lowest BCUT2D eigenvalue weighted by molar-refractivity contribution is 0.0277. The Morgan fingerprint density at radius 1 is 1.16 bits per heavy atom. The summed E-state index contributed by atoms with van der Waals surface area (Å²) in [4.78, 5) is 16.8. The maximum Gasteiger partial charge on any atom is 0.291 e. The normalized spacial score (nSPS) is 14.9. The van der Waals surface area contributed by atoms with Crippen molar-refractivity contribution in [3.63, 3.8) is 0 Å². The molecule has 1 aromatic carbocycles. The molecule has 0 bridgehead atoms. The molecule has 1 aromatic heterocycles. The third kappa shape index (κ3) is 8.09. The monoisotopic (exact) mass is 426 g/mol. The zero-order chi connectivity index (χ0) is 21.7. The Labute approximate surface area is 184 Å². The van der Waals surface area contributed by atoms with E-state index in [1.54, 1.807) is 12.1 Å². The van der Waals surface area contributed by atoms with Crippen LogP contribution in [0.1, 0.15) is 61.6 Å². The largest absolute Gasteiger partial charge is 0.459 e. The van der Waals surface area contributed by atoms with E-state index in [1.807, 2.05) is 31.2 Å². The van der Waals surface area contributed by atoms with E-state index in [4.69, 9.17) is 9.15 Å². The van der Waals surface area contributed by atoms with E-state index >= 15 is 0 Å². The molecular formula is C24H34N4O3. The van der Waals surface area contributed by atoms with Gasteiger partial charge < -0.3 is 25.1 Å². The van der Waals surface area contributed by atoms with Crippen LogP contribution in [0.4, 0.5) is 5.69 Å². The molecular weight excluding hydrogens is 392 g/mol. The van der Waals surface area contributed by atoms with Gasteiger partial charge in [0.25, 0.3) is 5.91 Å². The molecule has 0 aliphatic heterocycles. The van der Waals surface area contributed by atoms with Gasteiger partial charge in [-0.05, 0) is 56.0 Å². The van der Waals surface area contributed by atoms with Crippen LogP contribution in [-0.2, 0) is 11.3 Å². The molecule has 1 aliphatic carbocycles. The van der Waals surface area contributed by atoms with Crippen molar-refractivity contribution in [3.05, 3.63) is 54.0 Å². The molecule has 1 amide bonds. The molecule has 0 unspecified atom stereocenters. The van der Waals surface area contributed by atoms with Crippen LogP contribution in [0.25, 0.3) is 0 Å². The molecule has 0 spiro atoms. The Morgan fingerprint density at radius 2 is 2.03 bits per heavy atom. The standard InChI is InChI=1S/C24H34N4O3/c1-2-25-24(26-14-8-16-30-21-11-4-3-5-12-21)27-18-19-9-6-10-20(17-19)28-23(29)22-13-7-15-31-22/h6-7,9-10,13,15,17,21H,2-5,8,11-12,14,16,18H2,1H3,(H,28,29)(H2,25,26,27). The van der Waals surface area contributed by atoms with Crippen LogP contribution in [0.2, 0.25) is 0 Å². The Kier molecular flexibility index (Phi) is 9.44. The zero-order valence-corrected chi connectivity index (χ0v) is 18.4. The second-order valence-electron chi connectivity index (χ2n) is 7.74. The summed E-state index contributed by atoms with van der Waals surface area (Å²) in [5.41, 5.74) is 1.72. The number of hydrogen-bond donors (Lipinski definition) is 3. The predicted molar refractivity (Wildman–Crippen MR) is 123 cm³/mol. The average molecular weight is 427 g/mol. The number of rotatable bonds is 10. The van der Waals surface area contributed by atoms with Gasteiger partial charge >= 0.3 is 0 Å². The number of nitrogens with zero attached hydrogens (tertiary/aromatic N) is 1. The number of amides is 1. The van der Waals surface area contributed by atoms with Crippen molar-refractivity contribution in [2.75, 3.05) is 25.0 Å². The van der Waals surface area contributed by atoms with Crippen LogP contribution < -0.4 is 16.0 Å². The molecule has 3 rings (SSSR count). The summed E-state index contributed by atoms with van der Waals surface area (Å²) < 4.78 is 11.1. The van der Waals surface area contributed by atoms with Gasteiger partial charge in [-0.25, -0.2) is 4.99 Å². The van der Waals surface area contributed by atoms with Crippen LogP contribution in [0.3, 0.4) is 0 Å². The highest BCUT2D eigenvalue weighted by Gasteiger charge is 2.13. The summed E-state index contributed by atoms with van der Waals surface area (Å²) in [6.45, 7) is 4.96. The van der Waals surface area contributed by atoms with Crippen molar-refractivity contribution < 1.29 is 13.9 Å². The zero-order valence-electron chi connectivity index (χ0n) is 18.4. The fourth-order valence-electron chi connectivity index (χ4n) is 3.62. The Morgan fingerprint density at radius 3 is 2.81 bits per heavy atom. The van der Waals surface area contributed by atoms with E-state index in [-0.39, 0.29) is 11.7 Å². The third-order valence-electron chi connectivity index (χ3n) is 5.21. The second-order valence-corrected chi connectivity index (χ2v) is 7.74. The van der Waals surface area contributed by atoms with Crippen molar-refractivity contribution in [1.29, 1.82) is 0 Å². The topological polar surface area (TPSA) is 87.9 Å². The first-order valence-electron chi connectivity index (χ1n) is 11.3. The van der Waals surface area contributed by atoms with Crippen molar-refractivity contribution in [2.24, 2.45) is 4.99 Å². The molecule has 7 nitrogen and oxygen atoms in total. The van der Waals surface area contributed by atoms with Gasteiger partial charge in [0.15, 0.2) is 11.7 Å². The first-order valence-corrected chi connectivity index (χ1v) is 11.3. The van der Waals surface area contributed by atoms with Gasteiger partial charge in [-0.1, -0.05) is 31.4 Å². The minimum absolute atomic E-state index is 0.267. The first kappa shape index (κ1) is 22.9. The smallest absolute Gasteiger partial charge is 0.291 e. The van der Waals surface area contributed by atoms with Gasteiger partial charge in [-0.2, -0.15) is 0 Å². The molecule has 1 heterocycles. The van der Waals surface area contributed by atoms with Crippen LogP contribution in [0, 0.1) is 0 Å². The summed E-state index contributed by atoms with van der Waals surface area (Å²) in [5, 5.41) is 9.49. The number of furan rings is 1. The third-order valence-corrected chi connectivity index (χ3v) is 5.21. The molecule has 0 saturated heterocycles. The van der Waals surface area contributed by atoms with Gasteiger partial charge in [0.1, 0.15) is 0 Å². The SMILES string of the molecule is CCNC(=NCc1cccc(NC(=O)c2ccco2)c1)NCCCOC1CCCCC1. The van der Waals surface area contributed by atoms with Crippen molar-refractivity contribution in [2.45, 2.75) is 58.1 Å². The molecule has 7 heteroatoms. The highest BCUT2D eigenvalue weighted by Crippen LogP contribution is 2.20. The number of anilines is 1. The van der Waals surface area contributed by atoms with E-state index in [9.17, 15) is 4.79 Å². The number of carbonyl (C=O) groups is 1. The molecule has 3 N–H and O–H groups in total. The number of nitrogens with one attached hydrogen (secondary N) is 3. The summed E-state index contributed by atoms with van der Waals surface area (Å²) in [5.74, 6) is 0.802. The van der Waals surface area contributed by atoms with Crippen LogP contribution in [0.5, 0.6) is 0 Å². The number of hydrogen-bond acceptors (Lipinski definition) is 4. The van der Waals surface area contributed by atoms with E-state index in [2.05, 4.69) is 20.9 Å². The van der Waals surface area contributed by atoms with Crippen molar-refractivity contribution in [3.8, 4) is 0 Å². The number of benzene rings is 1. The molecule has 0 atom stereocenters. The molecule has 0 radical (unpaired) electrons. The number of aliphatic imine (C=N–C) groups is 1. The lowest BCUT2D eigenvalue weighted by Crippen LogP contribution is -2.38. The molecule has 1 fully saturated rings. The highest BCUT2D eigenvalue weighted by atomic mass is 16.5. The second kappa shape index (κ2) is 12.8. The fourth-order valence-corrected chi connectivity index (χ4v) is 3.62. The molecule has 1 aliphatic rings. The maximum absolute atomic E-state index is 12.1. The fraction of sp³-hybridized carbons (Fsp3) is 0.500. The van der Waals surface area contributed by atoms with Gasteiger partial charge in [-0.15, -0.1) is 0 Å². The minimum atomic E-state index is -0.267. The maximum atomic E-state index is 12.1. The van der Waals surface area contributed by atoms with Gasteiger partial charge in [0.05, 0.1) is 18.9 Å². The number of guanidine groups is 1. The Hall–Kier alpha value is -2.80. The highest BCUT2D eigenvalue weighted by molar-refractivity contribution is 6.02. The van der Waals surface area contributed by atoms with E-state index in [0.29, 0.717) is 18.3 Å². The summed E-state index contributed by atoms with van der Waals surface area (Å²) in [7, 11) is 0. The van der Waals surface area contributed by atoms with Crippen LogP contribution in [-0.4, -0.2) is 37.7 Å². The van der Waals surface area contributed by atoms with Crippen LogP contribution in [0.15, 0.2) is 52.1 Å². The molecule has 168 valence electrons. The molecule has 31 heavy (non-hydrogen) atoms. The van der Waals surface area contributed by atoms with Gasteiger partial charge in [-0.3, -0.25) is 4.79 Å². The minimum Gasteiger partial charge on any atom is -0.459 e. The van der Waals surface area contributed by atoms with E-state index < -0.39 is 0 Å². The Balaban J connectivity index is 1.44. The quantitative estimate of drug-likeness (QED) is 0.299. The first-order chi connectivity index (χ1) is 15.2. The van der Waals surface area contributed by atoms with Gasteiger partial charge in [0.2, 0.25) is 0 Å². The predicted octanol–water partition coefficient (Wildman–Crippen LogP) is 4.33. The van der Waals surface area contributed by atoms with Crippen LogP contribution >= 0.6 is 0 Å². The van der Waals surface area contributed by atoms with E-state index in [0.717, 1.165) is 37.6 Å². The van der Waals surface area contributed by atoms with Crippen molar-refractivity contribution in [1.82, 2.24) is 10.6 Å². The van der Waals surface area contributed by atoms with Crippen molar-refractivity contribution >= 4 is 17.6 Å². The number of ether oxygens (including phenoxy) is 1. The Bertz CT molecular complexity index is 814.